The number of amides is 1. The largest absolute Gasteiger partial charge is 0.399 e. The van der Waals surface area contributed by atoms with Gasteiger partial charge in [-0.25, -0.2) is 0 Å². The van der Waals surface area contributed by atoms with Crippen LogP contribution in [0.1, 0.15) is 27.7 Å². The van der Waals surface area contributed by atoms with E-state index in [0.717, 1.165) is 12.2 Å². The Balaban J connectivity index is 2.70. The van der Waals surface area contributed by atoms with Gasteiger partial charge in [-0.1, -0.05) is 13.8 Å². The van der Waals surface area contributed by atoms with E-state index < -0.39 is 0 Å². The van der Waals surface area contributed by atoms with Crippen LogP contribution in [0, 0.1) is 5.92 Å². The van der Waals surface area contributed by atoms with E-state index >= 15 is 0 Å². The Hall–Kier alpha value is -1.55. The molecule has 0 atom stereocenters. The standard InChI is InChI=1S/C16H27N3O/c1-12(2)10-19(13(3)4)11-16(20)18(5)15-8-6-14(17)7-9-15/h6-9,12-13H,10-11,17H2,1-5H3. The molecule has 0 fully saturated rings. The number of rotatable bonds is 6. The molecule has 4 heteroatoms. The second kappa shape index (κ2) is 7.29. The molecule has 112 valence electrons. The first-order valence-corrected chi connectivity index (χ1v) is 7.17. The number of hydrogen-bond donors (Lipinski definition) is 1. The summed E-state index contributed by atoms with van der Waals surface area (Å²) in [5.41, 5.74) is 7.25. The van der Waals surface area contributed by atoms with Gasteiger partial charge in [0, 0.05) is 31.0 Å². The Labute approximate surface area is 122 Å². The van der Waals surface area contributed by atoms with Gasteiger partial charge in [-0.05, 0) is 44.0 Å². The van der Waals surface area contributed by atoms with E-state index in [9.17, 15) is 4.79 Å². The normalized spacial score (nSPS) is 11.4. The summed E-state index contributed by atoms with van der Waals surface area (Å²) in [6.45, 7) is 9.96. The van der Waals surface area contributed by atoms with Gasteiger partial charge >= 0.3 is 0 Å². The van der Waals surface area contributed by atoms with Crippen LogP contribution < -0.4 is 10.6 Å². The van der Waals surface area contributed by atoms with Gasteiger partial charge in [0.1, 0.15) is 0 Å². The zero-order valence-corrected chi connectivity index (χ0v) is 13.3. The molecule has 1 amide bonds. The maximum atomic E-state index is 12.4. The van der Waals surface area contributed by atoms with Crippen molar-refractivity contribution in [2.45, 2.75) is 33.7 Å². The summed E-state index contributed by atoms with van der Waals surface area (Å²) < 4.78 is 0. The van der Waals surface area contributed by atoms with Crippen molar-refractivity contribution in [3.8, 4) is 0 Å². The summed E-state index contributed by atoms with van der Waals surface area (Å²) >= 11 is 0. The molecule has 0 saturated heterocycles. The molecule has 1 rings (SSSR count). The van der Waals surface area contributed by atoms with Crippen LogP contribution in [0.25, 0.3) is 0 Å². The highest BCUT2D eigenvalue weighted by Gasteiger charge is 2.18. The van der Waals surface area contributed by atoms with Gasteiger partial charge in [0.05, 0.1) is 6.54 Å². The highest BCUT2D eigenvalue weighted by Crippen LogP contribution is 2.15. The second-order valence-corrected chi connectivity index (χ2v) is 5.96. The quantitative estimate of drug-likeness (QED) is 0.813. The maximum Gasteiger partial charge on any atom is 0.240 e. The molecule has 0 heterocycles. The number of nitrogens with zero attached hydrogens (tertiary/aromatic N) is 2. The average Bonchev–Trinajstić information content (AvgIpc) is 2.37. The molecule has 0 aliphatic carbocycles. The van der Waals surface area contributed by atoms with Crippen LogP contribution in [0.15, 0.2) is 24.3 Å². The van der Waals surface area contributed by atoms with E-state index in [2.05, 4.69) is 32.6 Å². The van der Waals surface area contributed by atoms with Crippen LogP contribution in [0.4, 0.5) is 11.4 Å². The molecule has 1 aromatic carbocycles. The Morgan fingerprint density at radius 3 is 2.15 bits per heavy atom. The summed E-state index contributed by atoms with van der Waals surface area (Å²) in [7, 11) is 1.81. The number of carbonyl (C=O) groups excluding carboxylic acids is 1. The van der Waals surface area contributed by atoms with E-state index in [-0.39, 0.29) is 5.91 Å². The van der Waals surface area contributed by atoms with E-state index in [1.54, 1.807) is 4.90 Å². The van der Waals surface area contributed by atoms with Gasteiger partial charge in [-0.15, -0.1) is 0 Å². The molecule has 0 radical (unpaired) electrons. The molecule has 4 nitrogen and oxygen atoms in total. The van der Waals surface area contributed by atoms with E-state index in [1.165, 1.54) is 0 Å². The Bertz CT molecular complexity index is 426. The highest BCUT2D eigenvalue weighted by atomic mass is 16.2. The number of benzene rings is 1. The minimum absolute atomic E-state index is 0.101. The Morgan fingerprint density at radius 2 is 1.70 bits per heavy atom. The fourth-order valence-corrected chi connectivity index (χ4v) is 2.05. The molecule has 1 aromatic rings. The van der Waals surface area contributed by atoms with Gasteiger partial charge in [0.2, 0.25) is 5.91 Å². The topological polar surface area (TPSA) is 49.6 Å². The van der Waals surface area contributed by atoms with Crippen molar-refractivity contribution in [1.29, 1.82) is 0 Å². The number of nitrogens with two attached hydrogens (primary N) is 1. The minimum Gasteiger partial charge on any atom is -0.399 e. The lowest BCUT2D eigenvalue weighted by atomic mass is 10.1. The Morgan fingerprint density at radius 1 is 1.15 bits per heavy atom. The fraction of sp³-hybridized carbons (Fsp3) is 0.562. The van der Waals surface area contributed by atoms with Crippen LogP contribution in [-0.2, 0) is 4.79 Å². The third-order valence-corrected chi connectivity index (χ3v) is 3.32. The third kappa shape index (κ3) is 4.85. The monoisotopic (exact) mass is 277 g/mol. The van der Waals surface area contributed by atoms with E-state index in [1.807, 2.05) is 31.3 Å². The number of anilines is 2. The first-order valence-electron chi connectivity index (χ1n) is 7.17. The number of carbonyl (C=O) groups is 1. The molecule has 0 unspecified atom stereocenters. The molecule has 2 N–H and O–H groups in total. The third-order valence-electron chi connectivity index (χ3n) is 3.32. The summed E-state index contributed by atoms with van der Waals surface area (Å²) in [6, 6.07) is 7.73. The lowest BCUT2D eigenvalue weighted by Gasteiger charge is -2.29. The van der Waals surface area contributed by atoms with Crippen LogP contribution in [0.3, 0.4) is 0 Å². The summed E-state index contributed by atoms with van der Waals surface area (Å²) in [5, 5.41) is 0. The van der Waals surface area contributed by atoms with Crippen molar-refractivity contribution >= 4 is 17.3 Å². The summed E-state index contributed by atoms with van der Waals surface area (Å²) in [6.07, 6.45) is 0. The lowest BCUT2D eigenvalue weighted by molar-refractivity contribution is -0.120. The van der Waals surface area contributed by atoms with Gasteiger partial charge in [-0.2, -0.15) is 0 Å². The van der Waals surface area contributed by atoms with Crippen molar-refractivity contribution in [2.24, 2.45) is 5.92 Å². The second-order valence-electron chi connectivity index (χ2n) is 5.96. The predicted molar refractivity (Wildman–Crippen MR) is 85.8 cm³/mol. The molecular formula is C16H27N3O. The predicted octanol–water partition coefficient (Wildman–Crippen LogP) is 2.60. The van der Waals surface area contributed by atoms with Gasteiger partial charge in [0.25, 0.3) is 0 Å². The zero-order chi connectivity index (χ0) is 15.3. The Kier molecular flexibility index (Phi) is 6.02. The first kappa shape index (κ1) is 16.5. The number of nitrogen functional groups attached to an aromatic ring is 1. The smallest absolute Gasteiger partial charge is 0.240 e. The number of likely N-dealkylation sites (N-methyl/N-ethyl adjacent to an activating group) is 1. The molecule has 0 aromatic heterocycles. The van der Waals surface area contributed by atoms with E-state index in [0.29, 0.717) is 24.2 Å². The van der Waals surface area contributed by atoms with Crippen LogP contribution in [-0.4, -0.2) is 37.0 Å². The van der Waals surface area contributed by atoms with E-state index in [4.69, 9.17) is 5.73 Å². The highest BCUT2D eigenvalue weighted by molar-refractivity contribution is 5.94. The molecule has 0 spiro atoms. The van der Waals surface area contributed by atoms with Crippen molar-refractivity contribution in [1.82, 2.24) is 4.90 Å². The molecule has 0 saturated carbocycles. The van der Waals surface area contributed by atoms with Crippen molar-refractivity contribution in [3.05, 3.63) is 24.3 Å². The lowest BCUT2D eigenvalue weighted by Crippen LogP contribution is -2.43. The molecule has 0 aliphatic rings. The van der Waals surface area contributed by atoms with Crippen molar-refractivity contribution < 1.29 is 4.79 Å². The van der Waals surface area contributed by atoms with Crippen molar-refractivity contribution in [3.63, 3.8) is 0 Å². The van der Waals surface area contributed by atoms with Gasteiger partial charge in [-0.3, -0.25) is 9.69 Å². The van der Waals surface area contributed by atoms with Crippen LogP contribution in [0.5, 0.6) is 0 Å². The minimum atomic E-state index is 0.101. The van der Waals surface area contributed by atoms with Crippen LogP contribution in [0.2, 0.25) is 0 Å². The zero-order valence-electron chi connectivity index (χ0n) is 13.3. The first-order chi connectivity index (χ1) is 9.31. The number of hydrogen-bond acceptors (Lipinski definition) is 3. The van der Waals surface area contributed by atoms with Gasteiger partial charge in [0.15, 0.2) is 0 Å². The van der Waals surface area contributed by atoms with Crippen LogP contribution >= 0.6 is 0 Å². The fourth-order valence-electron chi connectivity index (χ4n) is 2.05. The molecular weight excluding hydrogens is 250 g/mol. The summed E-state index contributed by atoms with van der Waals surface area (Å²) in [5.74, 6) is 0.649. The summed E-state index contributed by atoms with van der Waals surface area (Å²) in [4.78, 5) is 16.3. The molecule has 20 heavy (non-hydrogen) atoms. The molecule has 0 aliphatic heterocycles. The SMILES string of the molecule is CC(C)CN(CC(=O)N(C)c1ccc(N)cc1)C(C)C. The van der Waals surface area contributed by atoms with Crippen molar-refractivity contribution in [2.75, 3.05) is 30.8 Å². The molecule has 0 bridgehead atoms. The van der Waals surface area contributed by atoms with Gasteiger partial charge < -0.3 is 10.6 Å². The maximum absolute atomic E-state index is 12.4. The average molecular weight is 277 g/mol.